The average molecular weight is 291 g/mol. The summed E-state index contributed by atoms with van der Waals surface area (Å²) in [6.07, 6.45) is 1.30. The molecule has 3 nitrogen and oxygen atoms in total. The molecule has 0 aromatic heterocycles. The van der Waals surface area contributed by atoms with Crippen LogP contribution in [0.5, 0.6) is 0 Å². The van der Waals surface area contributed by atoms with Gasteiger partial charge in [-0.25, -0.2) is 8.42 Å². The third-order valence-corrected chi connectivity index (χ3v) is 5.35. The lowest BCUT2D eigenvalue weighted by molar-refractivity contribution is 0.515. The maximum Gasteiger partial charge on any atom is 0.151 e. The minimum absolute atomic E-state index is 0.193. The monoisotopic (exact) mass is 291 g/mol. The molecular formula is C16H21NO2S. The standard InChI is InChI=1S/C16H21NO2S/c1-4-17-16(12(2)20(3,18)19)15-11-7-9-13-8-5-6-10-14(13)15/h5-12,16-17H,4H2,1-3H3. The first-order valence-electron chi connectivity index (χ1n) is 6.85. The van der Waals surface area contributed by atoms with Crippen molar-refractivity contribution in [3.63, 3.8) is 0 Å². The molecule has 2 aromatic rings. The van der Waals surface area contributed by atoms with Crippen molar-refractivity contribution in [2.24, 2.45) is 0 Å². The van der Waals surface area contributed by atoms with Crippen molar-refractivity contribution >= 4 is 20.6 Å². The summed E-state index contributed by atoms with van der Waals surface area (Å²) < 4.78 is 23.8. The van der Waals surface area contributed by atoms with Crippen LogP contribution < -0.4 is 5.32 Å². The van der Waals surface area contributed by atoms with Crippen LogP contribution in [0.25, 0.3) is 10.8 Å². The van der Waals surface area contributed by atoms with E-state index in [1.807, 2.05) is 49.4 Å². The zero-order valence-electron chi connectivity index (χ0n) is 12.1. The van der Waals surface area contributed by atoms with Gasteiger partial charge < -0.3 is 5.32 Å². The molecule has 108 valence electrons. The first-order valence-corrected chi connectivity index (χ1v) is 8.80. The zero-order chi connectivity index (χ0) is 14.8. The lowest BCUT2D eigenvalue weighted by Crippen LogP contribution is -2.35. The Labute approximate surface area is 120 Å². The Morgan fingerprint density at radius 1 is 1.10 bits per heavy atom. The largest absolute Gasteiger partial charge is 0.309 e. The Morgan fingerprint density at radius 3 is 2.40 bits per heavy atom. The summed E-state index contributed by atoms with van der Waals surface area (Å²) in [6, 6.07) is 13.9. The second-order valence-corrected chi connectivity index (χ2v) is 7.54. The highest BCUT2D eigenvalue weighted by molar-refractivity contribution is 7.91. The predicted octanol–water partition coefficient (Wildman–Crippen LogP) is 2.92. The summed E-state index contributed by atoms with van der Waals surface area (Å²) in [5.74, 6) is 0. The zero-order valence-corrected chi connectivity index (χ0v) is 12.9. The SMILES string of the molecule is CCNC(c1cccc2ccccc12)C(C)S(C)(=O)=O. The molecule has 2 aromatic carbocycles. The molecule has 2 atom stereocenters. The van der Waals surface area contributed by atoms with E-state index in [9.17, 15) is 8.42 Å². The van der Waals surface area contributed by atoms with E-state index < -0.39 is 15.1 Å². The normalized spacial score (nSPS) is 15.2. The van der Waals surface area contributed by atoms with Crippen LogP contribution in [0, 0.1) is 0 Å². The number of hydrogen-bond donors (Lipinski definition) is 1. The molecule has 2 rings (SSSR count). The van der Waals surface area contributed by atoms with Gasteiger partial charge >= 0.3 is 0 Å². The van der Waals surface area contributed by atoms with E-state index in [1.54, 1.807) is 6.92 Å². The maximum absolute atomic E-state index is 11.9. The van der Waals surface area contributed by atoms with Gasteiger partial charge in [0.1, 0.15) is 0 Å². The van der Waals surface area contributed by atoms with Gasteiger partial charge in [-0.1, -0.05) is 49.4 Å². The van der Waals surface area contributed by atoms with Gasteiger partial charge in [0.25, 0.3) is 0 Å². The first-order chi connectivity index (χ1) is 9.45. The van der Waals surface area contributed by atoms with Crippen LogP contribution in [0.4, 0.5) is 0 Å². The molecule has 0 aliphatic carbocycles. The van der Waals surface area contributed by atoms with Crippen LogP contribution in [-0.2, 0) is 9.84 Å². The second kappa shape index (κ2) is 5.94. The van der Waals surface area contributed by atoms with Crippen LogP contribution in [0.3, 0.4) is 0 Å². The Hall–Kier alpha value is -1.39. The van der Waals surface area contributed by atoms with Crippen molar-refractivity contribution in [3.05, 3.63) is 48.0 Å². The molecule has 0 radical (unpaired) electrons. The molecule has 0 saturated carbocycles. The van der Waals surface area contributed by atoms with E-state index in [2.05, 4.69) is 5.32 Å². The fraction of sp³-hybridized carbons (Fsp3) is 0.375. The Kier molecular flexibility index (Phi) is 4.45. The van der Waals surface area contributed by atoms with Crippen LogP contribution in [0.15, 0.2) is 42.5 Å². The van der Waals surface area contributed by atoms with E-state index in [-0.39, 0.29) is 6.04 Å². The van der Waals surface area contributed by atoms with Crippen molar-refractivity contribution in [3.8, 4) is 0 Å². The highest BCUT2D eigenvalue weighted by Crippen LogP contribution is 2.28. The quantitative estimate of drug-likeness (QED) is 0.921. The van der Waals surface area contributed by atoms with Gasteiger partial charge in [-0.05, 0) is 29.8 Å². The Morgan fingerprint density at radius 2 is 1.75 bits per heavy atom. The summed E-state index contributed by atoms with van der Waals surface area (Å²) in [7, 11) is -3.10. The van der Waals surface area contributed by atoms with Gasteiger partial charge in [-0.15, -0.1) is 0 Å². The summed E-state index contributed by atoms with van der Waals surface area (Å²) in [5, 5.41) is 5.09. The molecule has 1 N–H and O–H groups in total. The summed E-state index contributed by atoms with van der Waals surface area (Å²) >= 11 is 0. The van der Waals surface area contributed by atoms with Crippen molar-refractivity contribution in [1.82, 2.24) is 5.32 Å². The van der Waals surface area contributed by atoms with Gasteiger partial charge in [0, 0.05) is 12.3 Å². The summed E-state index contributed by atoms with van der Waals surface area (Å²) in [4.78, 5) is 0. The van der Waals surface area contributed by atoms with E-state index >= 15 is 0 Å². The van der Waals surface area contributed by atoms with Crippen LogP contribution in [-0.4, -0.2) is 26.5 Å². The van der Waals surface area contributed by atoms with Gasteiger partial charge in [0.05, 0.1) is 5.25 Å². The van der Waals surface area contributed by atoms with E-state index in [1.165, 1.54) is 6.26 Å². The molecule has 0 aliphatic rings. The highest BCUT2D eigenvalue weighted by Gasteiger charge is 2.27. The number of fused-ring (bicyclic) bond motifs is 1. The molecule has 20 heavy (non-hydrogen) atoms. The van der Waals surface area contributed by atoms with Gasteiger partial charge in [0.15, 0.2) is 9.84 Å². The Balaban J connectivity index is 2.58. The van der Waals surface area contributed by atoms with Crippen molar-refractivity contribution in [2.45, 2.75) is 25.1 Å². The molecule has 0 aliphatic heterocycles. The van der Waals surface area contributed by atoms with Gasteiger partial charge in [-0.3, -0.25) is 0 Å². The van der Waals surface area contributed by atoms with Crippen LogP contribution in [0.2, 0.25) is 0 Å². The molecule has 0 bridgehead atoms. The number of sulfone groups is 1. The van der Waals surface area contributed by atoms with Crippen molar-refractivity contribution in [1.29, 1.82) is 0 Å². The molecule has 0 saturated heterocycles. The van der Waals surface area contributed by atoms with E-state index in [0.29, 0.717) is 0 Å². The predicted molar refractivity (Wildman–Crippen MR) is 84.7 cm³/mol. The van der Waals surface area contributed by atoms with Crippen LogP contribution >= 0.6 is 0 Å². The number of nitrogens with one attached hydrogen (secondary N) is 1. The topological polar surface area (TPSA) is 46.2 Å². The molecule has 2 unspecified atom stereocenters. The van der Waals surface area contributed by atoms with Crippen LogP contribution in [0.1, 0.15) is 25.5 Å². The Bertz CT molecular complexity index is 689. The summed E-state index contributed by atoms with van der Waals surface area (Å²) in [5.41, 5.74) is 1.04. The fourth-order valence-corrected chi connectivity index (χ4v) is 3.25. The second-order valence-electron chi connectivity index (χ2n) is 5.14. The van der Waals surface area contributed by atoms with Gasteiger partial charge in [-0.2, -0.15) is 0 Å². The third kappa shape index (κ3) is 3.02. The molecule has 0 spiro atoms. The molecule has 0 heterocycles. The lowest BCUT2D eigenvalue weighted by atomic mass is 9.97. The van der Waals surface area contributed by atoms with E-state index in [4.69, 9.17) is 0 Å². The number of benzene rings is 2. The minimum Gasteiger partial charge on any atom is -0.309 e. The van der Waals surface area contributed by atoms with Crippen molar-refractivity contribution in [2.75, 3.05) is 12.8 Å². The first kappa shape index (κ1) is 15.0. The number of hydrogen-bond acceptors (Lipinski definition) is 3. The number of rotatable bonds is 5. The molecule has 0 amide bonds. The maximum atomic E-state index is 11.9. The van der Waals surface area contributed by atoms with E-state index in [0.717, 1.165) is 22.9 Å². The minimum atomic E-state index is -3.10. The third-order valence-electron chi connectivity index (χ3n) is 3.73. The molecule has 0 fully saturated rings. The smallest absolute Gasteiger partial charge is 0.151 e. The highest BCUT2D eigenvalue weighted by atomic mass is 32.2. The molecule has 4 heteroatoms. The van der Waals surface area contributed by atoms with Gasteiger partial charge in [0.2, 0.25) is 0 Å². The summed E-state index contributed by atoms with van der Waals surface area (Å²) in [6.45, 7) is 4.49. The molecular weight excluding hydrogens is 270 g/mol. The van der Waals surface area contributed by atoms with Crippen molar-refractivity contribution < 1.29 is 8.42 Å². The lowest BCUT2D eigenvalue weighted by Gasteiger charge is -2.25. The average Bonchev–Trinajstić information content (AvgIpc) is 2.42. The fourth-order valence-electron chi connectivity index (χ4n) is 2.52.